The molecule has 0 saturated heterocycles. The standard InChI is InChI=1S/C30H31FN2O4S/c1-18(13-27(34)35)19-7-6-8-22(14-19)37-17-20-16-32-28(23-15-21(36-5)9-10-24(23)31)29(33-20)25-11-12-26(38-25)30(2,3)4/h6-12,14-16,18H,13,17H2,1-5H3,(H,34,35)/t18-/m1/s1. The van der Waals surface area contributed by atoms with Gasteiger partial charge in [0.05, 0.1) is 30.3 Å². The van der Waals surface area contributed by atoms with E-state index in [1.54, 1.807) is 29.7 Å². The molecule has 0 aliphatic rings. The molecule has 0 saturated carbocycles. The molecule has 2 aromatic heterocycles. The first-order valence-corrected chi connectivity index (χ1v) is 13.1. The van der Waals surface area contributed by atoms with Gasteiger partial charge in [0.1, 0.15) is 35.3 Å². The highest BCUT2D eigenvalue weighted by Gasteiger charge is 2.21. The molecule has 0 bridgehead atoms. The fourth-order valence-corrected chi connectivity index (χ4v) is 5.05. The maximum absolute atomic E-state index is 15.0. The summed E-state index contributed by atoms with van der Waals surface area (Å²) < 4.78 is 26.3. The quantitative estimate of drug-likeness (QED) is 0.240. The van der Waals surface area contributed by atoms with Gasteiger partial charge in [-0.15, -0.1) is 11.3 Å². The zero-order valence-electron chi connectivity index (χ0n) is 22.1. The summed E-state index contributed by atoms with van der Waals surface area (Å²) in [6.45, 7) is 8.45. The predicted octanol–water partition coefficient (Wildman–Crippen LogP) is 7.47. The molecule has 0 fully saturated rings. The predicted molar refractivity (Wildman–Crippen MR) is 147 cm³/mol. The number of halogens is 1. The van der Waals surface area contributed by atoms with E-state index in [1.807, 2.05) is 37.3 Å². The Morgan fingerprint density at radius 1 is 1.08 bits per heavy atom. The number of aliphatic carboxylic acids is 1. The van der Waals surface area contributed by atoms with E-state index in [0.717, 1.165) is 10.4 Å². The second kappa shape index (κ2) is 11.3. The summed E-state index contributed by atoms with van der Waals surface area (Å²) in [5.41, 5.74) is 2.74. The highest BCUT2D eigenvalue weighted by atomic mass is 32.1. The van der Waals surface area contributed by atoms with Gasteiger partial charge in [0.25, 0.3) is 0 Å². The topological polar surface area (TPSA) is 81.5 Å². The van der Waals surface area contributed by atoms with Crippen molar-refractivity contribution >= 4 is 17.3 Å². The van der Waals surface area contributed by atoms with Crippen LogP contribution in [0.3, 0.4) is 0 Å². The van der Waals surface area contributed by atoms with Crippen LogP contribution in [0.1, 0.15) is 56.2 Å². The lowest BCUT2D eigenvalue weighted by Gasteiger charge is -2.15. The van der Waals surface area contributed by atoms with Crippen LogP contribution in [0.4, 0.5) is 4.39 Å². The molecule has 2 aromatic carbocycles. The summed E-state index contributed by atoms with van der Waals surface area (Å²) in [5.74, 6) is -0.264. The fraction of sp³-hybridized carbons (Fsp3) is 0.300. The molecule has 0 unspecified atom stereocenters. The van der Waals surface area contributed by atoms with Crippen molar-refractivity contribution in [3.05, 3.63) is 82.7 Å². The number of nitrogens with zero attached hydrogens (tertiary/aromatic N) is 2. The van der Waals surface area contributed by atoms with Crippen LogP contribution < -0.4 is 9.47 Å². The van der Waals surface area contributed by atoms with E-state index in [4.69, 9.17) is 19.6 Å². The highest BCUT2D eigenvalue weighted by molar-refractivity contribution is 7.15. The molecule has 0 aliphatic heterocycles. The Hall–Kier alpha value is -3.78. The Kier molecular flexibility index (Phi) is 8.11. The summed E-state index contributed by atoms with van der Waals surface area (Å²) in [4.78, 5) is 22.6. The molecule has 38 heavy (non-hydrogen) atoms. The average Bonchev–Trinajstić information content (AvgIpc) is 3.39. The first kappa shape index (κ1) is 27.3. The van der Waals surface area contributed by atoms with Gasteiger partial charge in [-0.2, -0.15) is 0 Å². The van der Waals surface area contributed by atoms with E-state index >= 15 is 0 Å². The second-order valence-corrected chi connectivity index (χ2v) is 11.3. The van der Waals surface area contributed by atoms with Crippen LogP contribution in [-0.2, 0) is 16.8 Å². The van der Waals surface area contributed by atoms with Crippen molar-refractivity contribution in [1.29, 1.82) is 0 Å². The normalized spacial score (nSPS) is 12.3. The van der Waals surface area contributed by atoms with Crippen LogP contribution in [-0.4, -0.2) is 28.2 Å². The zero-order valence-corrected chi connectivity index (χ0v) is 22.9. The van der Waals surface area contributed by atoms with Crippen molar-refractivity contribution in [2.45, 2.75) is 52.1 Å². The molecule has 8 heteroatoms. The Balaban J connectivity index is 1.68. The summed E-state index contributed by atoms with van der Waals surface area (Å²) in [5, 5.41) is 9.11. The summed E-state index contributed by atoms with van der Waals surface area (Å²) in [7, 11) is 1.54. The van der Waals surface area contributed by atoms with Gasteiger partial charge in [-0.3, -0.25) is 9.78 Å². The monoisotopic (exact) mass is 534 g/mol. The van der Waals surface area contributed by atoms with Crippen LogP contribution in [0.5, 0.6) is 11.5 Å². The third kappa shape index (κ3) is 6.37. The third-order valence-corrected chi connectivity index (χ3v) is 7.64. The second-order valence-electron chi connectivity index (χ2n) is 10.2. The maximum atomic E-state index is 15.0. The molecule has 0 aliphatic carbocycles. The molecule has 0 radical (unpaired) electrons. The van der Waals surface area contributed by atoms with Crippen molar-refractivity contribution in [2.75, 3.05) is 7.11 Å². The number of benzene rings is 2. The van der Waals surface area contributed by atoms with Gasteiger partial charge in [0, 0.05) is 10.4 Å². The lowest BCUT2D eigenvalue weighted by molar-refractivity contribution is -0.137. The number of carboxylic acids is 1. The summed E-state index contributed by atoms with van der Waals surface area (Å²) in [6.07, 6.45) is 1.63. The molecular weight excluding hydrogens is 503 g/mol. The van der Waals surface area contributed by atoms with E-state index in [0.29, 0.717) is 34.1 Å². The number of aromatic nitrogens is 2. The highest BCUT2D eigenvalue weighted by Crippen LogP contribution is 2.39. The Morgan fingerprint density at radius 3 is 2.55 bits per heavy atom. The number of rotatable bonds is 9. The number of ether oxygens (including phenoxy) is 2. The number of methoxy groups -OCH3 is 1. The number of thiophene rings is 1. The number of hydrogen-bond acceptors (Lipinski definition) is 6. The Morgan fingerprint density at radius 2 is 1.87 bits per heavy atom. The SMILES string of the molecule is COc1ccc(F)c(-c2ncc(COc3cccc([C@H](C)CC(=O)O)c3)nc2-c2ccc(C(C)(C)C)s2)c1. The van der Waals surface area contributed by atoms with Gasteiger partial charge in [0.15, 0.2) is 0 Å². The van der Waals surface area contributed by atoms with E-state index in [-0.39, 0.29) is 24.4 Å². The minimum Gasteiger partial charge on any atom is -0.497 e. The molecule has 4 rings (SSSR count). The summed E-state index contributed by atoms with van der Waals surface area (Å²) in [6, 6.07) is 16.0. The molecule has 1 N–H and O–H groups in total. The maximum Gasteiger partial charge on any atom is 0.303 e. The first-order valence-electron chi connectivity index (χ1n) is 12.3. The largest absolute Gasteiger partial charge is 0.497 e. The lowest BCUT2D eigenvalue weighted by atomic mass is 9.95. The van der Waals surface area contributed by atoms with E-state index in [9.17, 15) is 9.18 Å². The minimum absolute atomic E-state index is 0.0396. The van der Waals surface area contributed by atoms with Gasteiger partial charge in [-0.1, -0.05) is 39.8 Å². The van der Waals surface area contributed by atoms with Crippen LogP contribution in [0.2, 0.25) is 0 Å². The molecule has 6 nitrogen and oxygen atoms in total. The van der Waals surface area contributed by atoms with E-state index in [2.05, 4.69) is 31.8 Å². The van der Waals surface area contributed by atoms with Crippen molar-refractivity contribution in [3.8, 4) is 33.3 Å². The molecule has 0 amide bonds. The minimum atomic E-state index is -0.845. The van der Waals surface area contributed by atoms with Crippen molar-refractivity contribution in [2.24, 2.45) is 0 Å². The molecule has 198 valence electrons. The van der Waals surface area contributed by atoms with E-state index < -0.39 is 11.8 Å². The smallest absolute Gasteiger partial charge is 0.303 e. The molecule has 2 heterocycles. The van der Waals surface area contributed by atoms with Gasteiger partial charge < -0.3 is 14.6 Å². The van der Waals surface area contributed by atoms with Crippen molar-refractivity contribution in [1.82, 2.24) is 9.97 Å². The summed E-state index contributed by atoms with van der Waals surface area (Å²) >= 11 is 1.61. The Labute approximate surface area is 226 Å². The van der Waals surface area contributed by atoms with Gasteiger partial charge in [-0.25, -0.2) is 9.37 Å². The number of hydrogen-bond donors (Lipinski definition) is 1. The molecule has 4 aromatic rings. The van der Waals surface area contributed by atoms with Gasteiger partial charge in [-0.05, 0) is 59.4 Å². The average molecular weight is 535 g/mol. The Bertz CT molecular complexity index is 1440. The van der Waals surface area contributed by atoms with Crippen LogP contribution >= 0.6 is 11.3 Å². The van der Waals surface area contributed by atoms with Crippen LogP contribution in [0, 0.1) is 5.82 Å². The van der Waals surface area contributed by atoms with Crippen LogP contribution in [0.15, 0.2) is 60.8 Å². The first-order chi connectivity index (χ1) is 18.0. The van der Waals surface area contributed by atoms with Crippen LogP contribution in [0.25, 0.3) is 21.8 Å². The van der Waals surface area contributed by atoms with Crippen molar-refractivity contribution in [3.63, 3.8) is 0 Å². The van der Waals surface area contributed by atoms with Crippen molar-refractivity contribution < 1.29 is 23.8 Å². The van der Waals surface area contributed by atoms with Gasteiger partial charge >= 0.3 is 5.97 Å². The third-order valence-electron chi connectivity index (χ3n) is 6.12. The number of carboxylic acid groups (broad SMARTS) is 1. The molecule has 1 atom stereocenters. The lowest BCUT2D eigenvalue weighted by Crippen LogP contribution is -2.07. The van der Waals surface area contributed by atoms with E-state index in [1.165, 1.54) is 18.1 Å². The fourth-order valence-electron chi connectivity index (χ4n) is 3.99. The molecular formula is C30H31FN2O4S. The molecule has 0 spiro atoms. The zero-order chi connectivity index (χ0) is 27.4. The number of carbonyl (C=O) groups is 1. The van der Waals surface area contributed by atoms with Gasteiger partial charge in [0.2, 0.25) is 0 Å².